The molecular weight excluding hydrogens is 317 g/mol. The smallest absolute Gasteiger partial charge is 0.131 e. The minimum Gasteiger partial charge on any atom is -0.322 e. The summed E-state index contributed by atoms with van der Waals surface area (Å²) in [5.41, 5.74) is 1.75. The molecule has 0 bridgehead atoms. The summed E-state index contributed by atoms with van der Waals surface area (Å²) in [5.74, 6) is -0.441. The first-order valence-electron chi connectivity index (χ1n) is 6.23. The fraction of sp³-hybridized carbons (Fsp3) is 0.133. The van der Waals surface area contributed by atoms with Gasteiger partial charge in [-0.2, -0.15) is 0 Å². The molecule has 0 amide bonds. The predicted molar refractivity (Wildman–Crippen MR) is 79.8 cm³/mol. The first kappa shape index (κ1) is 14.3. The molecule has 3 rings (SSSR count). The summed E-state index contributed by atoms with van der Waals surface area (Å²) >= 11 is 12.0. The Hall–Kier alpha value is -1.65. The number of imidazole rings is 1. The van der Waals surface area contributed by atoms with Crippen LogP contribution in [0.5, 0.6) is 0 Å². The van der Waals surface area contributed by atoms with E-state index < -0.39 is 11.6 Å². The van der Waals surface area contributed by atoms with Crippen molar-refractivity contribution in [2.45, 2.75) is 12.4 Å². The third kappa shape index (κ3) is 2.61. The molecule has 0 aliphatic heterocycles. The van der Waals surface area contributed by atoms with Crippen LogP contribution in [0.25, 0.3) is 11.0 Å². The fourth-order valence-electron chi connectivity index (χ4n) is 2.26. The molecule has 0 saturated carbocycles. The van der Waals surface area contributed by atoms with Crippen molar-refractivity contribution in [1.82, 2.24) is 9.55 Å². The van der Waals surface area contributed by atoms with Crippen molar-refractivity contribution < 1.29 is 8.78 Å². The molecule has 0 aliphatic carbocycles. The van der Waals surface area contributed by atoms with Gasteiger partial charge in [0.05, 0.1) is 23.0 Å². The molecule has 0 saturated heterocycles. The SMILES string of the molecule is Fc1ccc(Cn2c(CCl)nc3c(Cl)cccc32)c(F)c1. The molecule has 0 unspecified atom stereocenters. The normalized spacial score (nSPS) is 11.2. The van der Waals surface area contributed by atoms with Gasteiger partial charge in [0.25, 0.3) is 0 Å². The predicted octanol–water partition coefficient (Wildman–Crippen LogP) is 4.76. The van der Waals surface area contributed by atoms with Crippen LogP contribution >= 0.6 is 23.2 Å². The molecule has 1 heterocycles. The molecule has 0 spiro atoms. The lowest BCUT2D eigenvalue weighted by Crippen LogP contribution is -2.05. The molecule has 108 valence electrons. The topological polar surface area (TPSA) is 17.8 Å². The van der Waals surface area contributed by atoms with Gasteiger partial charge in [0.1, 0.15) is 23.0 Å². The van der Waals surface area contributed by atoms with E-state index in [9.17, 15) is 8.78 Å². The summed E-state index contributed by atoms with van der Waals surface area (Å²) in [6, 6.07) is 8.87. The molecule has 0 aliphatic rings. The van der Waals surface area contributed by atoms with Crippen molar-refractivity contribution in [2.75, 3.05) is 0 Å². The van der Waals surface area contributed by atoms with Gasteiger partial charge in [-0.15, -0.1) is 11.6 Å². The van der Waals surface area contributed by atoms with Gasteiger partial charge in [0.15, 0.2) is 0 Å². The molecule has 1 aromatic heterocycles. The minimum atomic E-state index is -0.604. The second kappa shape index (κ2) is 5.62. The minimum absolute atomic E-state index is 0.174. The maximum atomic E-state index is 13.8. The maximum Gasteiger partial charge on any atom is 0.131 e. The van der Waals surface area contributed by atoms with Crippen LogP contribution in [-0.4, -0.2) is 9.55 Å². The highest BCUT2D eigenvalue weighted by Gasteiger charge is 2.14. The third-order valence-corrected chi connectivity index (χ3v) is 3.82. The molecule has 21 heavy (non-hydrogen) atoms. The average Bonchev–Trinajstić information content (AvgIpc) is 2.81. The van der Waals surface area contributed by atoms with Gasteiger partial charge in [-0.25, -0.2) is 13.8 Å². The Morgan fingerprint density at radius 3 is 2.67 bits per heavy atom. The number of rotatable bonds is 3. The Kier molecular flexibility index (Phi) is 3.83. The van der Waals surface area contributed by atoms with Crippen LogP contribution in [0.15, 0.2) is 36.4 Å². The van der Waals surface area contributed by atoms with E-state index in [0.29, 0.717) is 21.9 Å². The van der Waals surface area contributed by atoms with Gasteiger partial charge in [-0.1, -0.05) is 23.7 Å². The second-order valence-electron chi connectivity index (χ2n) is 4.59. The molecule has 0 atom stereocenters. The molecule has 0 radical (unpaired) electrons. The number of fused-ring (bicyclic) bond motifs is 1. The summed E-state index contributed by atoms with van der Waals surface area (Å²) in [6.45, 7) is 0.213. The molecule has 2 aromatic carbocycles. The Morgan fingerprint density at radius 1 is 1.14 bits per heavy atom. The van der Waals surface area contributed by atoms with Crippen LogP contribution in [0, 0.1) is 11.6 Å². The number of aromatic nitrogens is 2. The second-order valence-corrected chi connectivity index (χ2v) is 5.27. The molecule has 0 N–H and O–H groups in total. The Bertz CT molecular complexity index is 815. The molecule has 3 aromatic rings. The number of hydrogen-bond donors (Lipinski definition) is 0. The monoisotopic (exact) mass is 326 g/mol. The van der Waals surface area contributed by atoms with Crippen LogP contribution in [0.2, 0.25) is 5.02 Å². The zero-order valence-electron chi connectivity index (χ0n) is 10.8. The van der Waals surface area contributed by atoms with Crippen molar-refractivity contribution >= 4 is 34.2 Å². The van der Waals surface area contributed by atoms with E-state index in [2.05, 4.69) is 4.98 Å². The lowest BCUT2D eigenvalue weighted by molar-refractivity contribution is 0.566. The Morgan fingerprint density at radius 2 is 1.95 bits per heavy atom. The van der Waals surface area contributed by atoms with Crippen LogP contribution in [0.1, 0.15) is 11.4 Å². The maximum absolute atomic E-state index is 13.8. The zero-order valence-corrected chi connectivity index (χ0v) is 12.3. The summed E-state index contributed by atoms with van der Waals surface area (Å²) in [5, 5.41) is 0.511. The van der Waals surface area contributed by atoms with Gasteiger partial charge in [0, 0.05) is 11.6 Å². The molecular formula is C15H10Cl2F2N2. The standard InChI is InChI=1S/C15H10Cl2F2N2/c16-7-14-20-15-11(17)2-1-3-13(15)21(14)8-9-4-5-10(18)6-12(9)19/h1-6H,7-8H2. The fourth-order valence-corrected chi connectivity index (χ4v) is 2.68. The quantitative estimate of drug-likeness (QED) is 0.635. The summed E-state index contributed by atoms with van der Waals surface area (Å²) in [7, 11) is 0. The number of alkyl halides is 1. The summed E-state index contributed by atoms with van der Waals surface area (Å²) in [4.78, 5) is 4.38. The van der Waals surface area contributed by atoms with Gasteiger partial charge < -0.3 is 4.57 Å². The first-order valence-corrected chi connectivity index (χ1v) is 7.15. The zero-order chi connectivity index (χ0) is 15.0. The van der Waals surface area contributed by atoms with E-state index in [4.69, 9.17) is 23.2 Å². The lowest BCUT2D eigenvalue weighted by Gasteiger charge is -2.09. The summed E-state index contributed by atoms with van der Waals surface area (Å²) in [6.07, 6.45) is 0. The average molecular weight is 327 g/mol. The molecule has 0 fully saturated rings. The van der Waals surface area contributed by atoms with Gasteiger partial charge >= 0.3 is 0 Å². The lowest BCUT2D eigenvalue weighted by atomic mass is 10.2. The number of halogens is 4. The van der Waals surface area contributed by atoms with E-state index in [1.807, 2.05) is 6.07 Å². The number of hydrogen-bond acceptors (Lipinski definition) is 1. The molecule has 6 heteroatoms. The Balaban J connectivity index is 2.13. The van der Waals surface area contributed by atoms with Gasteiger partial charge in [0.2, 0.25) is 0 Å². The van der Waals surface area contributed by atoms with E-state index in [0.717, 1.165) is 11.6 Å². The van der Waals surface area contributed by atoms with Gasteiger partial charge in [-0.05, 0) is 18.2 Å². The highest BCUT2D eigenvalue weighted by atomic mass is 35.5. The van der Waals surface area contributed by atoms with Crippen LogP contribution < -0.4 is 0 Å². The summed E-state index contributed by atoms with van der Waals surface area (Å²) < 4.78 is 28.6. The van der Waals surface area contributed by atoms with Crippen molar-refractivity contribution in [3.05, 3.63) is 64.4 Å². The largest absolute Gasteiger partial charge is 0.322 e. The van der Waals surface area contributed by atoms with E-state index >= 15 is 0 Å². The van der Waals surface area contributed by atoms with Gasteiger partial charge in [-0.3, -0.25) is 0 Å². The van der Waals surface area contributed by atoms with Crippen LogP contribution in [0.4, 0.5) is 8.78 Å². The van der Waals surface area contributed by atoms with Crippen molar-refractivity contribution in [1.29, 1.82) is 0 Å². The Labute approximate surface area is 129 Å². The molecule has 2 nitrogen and oxygen atoms in total. The third-order valence-electron chi connectivity index (χ3n) is 3.27. The van der Waals surface area contributed by atoms with Crippen LogP contribution in [0.3, 0.4) is 0 Å². The van der Waals surface area contributed by atoms with E-state index in [1.54, 1.807) is 16.7 Å². The highest BCUT2D eigenvalue weighted by molar-refractivity contribution is 6.35. The van der Waals surface area contributed by atoms with Crippen molar-refractivity contribution in [2.24, 2.45) is 0 Å². The van der Waals surface area contributed by atoms with E-state index in [1.165, 1.54) is 12.1 Å². The number of para-hydroxylation sites is 1. The van der Waals surface area contributed by atoms with Crippen LogP contribution in [-0.2, 0) is 12.4 Å². The highest BCUT2D eigenvalue weighted by Crippen LogP contribution is 2.26. The van der Waals surface area contributed by atoms with E-state index in [-0.39, 0.29) is 12.4 Å². The number of benzene rings is 2. The van der Waals surface area contributed by atoms with Crippen molar-refractivity contribution in [3.8, 4) is 0 Å². The van der Waals surface area contributed by atoms with Crippen molar-refractivity contribution in [3.63, 3.8) is 0 Å². The number of nitrogens with zero attached hydrogens (tertiary/aromatic N) is 2. The first-order chi connectivity index (χ1) is 10.1.